The van der Waals surface area contributed by atoms with E-state index in [-0.39, 0.29) is 22.7 Å². The second kappa shape index (κ2) is 7.95. The molecular formula is C12H19NO3S. The number of nitrogens with one attached hydrogen (secondary N) is 1. The molecule has 0 heterocycles. The van der Waals surface area contributed by atoms with Crippen molar-refractivity contribution in [2.45, 2.75) is 26.7 Å². The summed E-state index contributed by atoms with van der Waals surface area (Å²) >= 11 is 4.67. The van der Waals surface area contributed by atoms with Crippen LogP contribution in [0.1, 0.15) is 26.7 Å². The summed E-state index contributed by atoms with van der Waals surface area (Å²) in [5, 5.41) is 11.6. The van der Waals surface area contributed by atoms with E-state index in [9.17, 15) is 14.7 Å². The quantitative estimate of drug-likeness (QED) is 0.514. The van der Waals surface area contributed by atoms with Crippen LogP contribution in [0.5, 0.6) is 0 Å². The third-order valence-electron chi connectivity index (χ3n) is 2.45. The van der Waals surface area contributed by atoms with Crippen LogP contribution in [0.3, 0.4) is 0 Å². The smallest absolute Gasteiger partial charge is 0.216 e. The fourth-order valence-electron chi connectivity index (χ4n) is 1.49. The van der Waals surface area contributed by atoms with Crippen molar-refractivity contribution in [3.8, 4) is 0 Å². The monoisotopic (exact) mass is 257 g/mol. The summed E-state index contributed by atoms with van der Waals surface area (Å²) < 4.78 is 0. The van der Waals surface area contributed by atoms with Gasteiger partial charge in [-0.1, -0.05) is 13.0 Å². The standard InChI is InChI=1S/C12H19NO3S/c1-4-5-8(2)11(15)10(12(16)17)6-7-13-9(3)14/h4,8,10H,1,5-7H2,2-3H3,(H,13,14)(H,16,17). The highest BCUT2D eigenvalue weighted by atomic mass is 32.1. The molecule has 0 saturated heterocycles. The highest BCUT2D eigenvalue weighted by Gasteiger charge is 2.26. The molecule has 96 valence electrons. The number of allylic oxidation sites excluding steroid dienone is 1. The molecule has 0 aromatic heterocycles. The molecule has 0 radical (unpaired) electrons. The highest BCUT2D eigenvalue weighted by molar-refractivity contribution is 7.80. The molecule has 2 N–H and O–H groups in total. The number of ketones is 1. The molecule has 5 heteroatoms. The number of carbonyl (C=O) groups is 2. The maximum atomic E-state index is 11.9. The van der Waals surface area contributed by atoms with Gasteiger partial charge in [-0.3, -0.25) is 9.59 Å². The van der Waals surface area contributed by atoms with E-state index in [1.807, 2.05) is 0 Å². The van der Waals surface area contributed by atoms with Gasteiger partial charge >= 0.3 is 0 Å². The number of hydrogen-bond donors (Lipinski definition) is 2. The first kappa shape index (κ1) is 15.8. The third kappa shape index (κ3) is 6.16. The van der Waals surface area contributed by atoms with E-state index in [4.69, 9.17) is 0 Å². The number of Topliss-reactive ketones (excluding diaryl/α,β-unsaturated/α-hetero) is 1. The first-order valence-electron chi connectivity index (χ1n) is 5.52. The molecule has 0 aliphatic carbocycles. The number of thiocarbonyl (C=S) groups is 1. The van der Waals surface area contributed by atoms with Crippen LogP contribution in [-0.2, 0) is 9.59 Å². The van der Waals surface area contributed by atoms with Gasteiger partial charge < -0.3 is 10.4 Å². The van der Waals surface area contributed by atoms with Crippen LogP contribution < -0.4 is 5.32 Å². The van der Waals surface area contributed by atoms with Gasteiger partial charge in [0.2, 0.25) is 5.91 Å². The van der Waals surface area contributed by atoms with Crippen LogP contribution in [0.15, 0.2) is 12.7 Å². The number of aliphatic hydroxyl groups is 1. The number of aliphatic hydroxyl groups excluding tert-OH is 1. The third-order valence-corrected chi connectivity index (χ3v) is 2.74. The minimum absolute atomic E-state index is 0.109. The normalized spacial score (nSPS) is 13.5. The Morgan fingerprint density at radius 3 is 2.53 bits per heavy atom. The van der Waals surface area contributed by atoms with Crippen LogP contribution in [0.25, 0.3) is 0 Å². The van der Waals surface area contributed by atoms with Gasteiger partial charge in [0.1, 0.15) is 5.78 Å². The Bertz CT molecular complexity index is 315. The van der Waals surface area contributed by atoms with E-state index in [1.165, 1.54) is 6.92 Å². The average Bonchev–Trinajstić information content (AvgIpc) is 2.23. The highest BCUT2D eigenvalue weighted by Crippen LogP contribution is 2.15. The zero-order valence-electron chi connectivity index (χ0n) is 10.2. The fourth-order valence-corrected chi connectivity index (χ4v) is 1.72. The van der Waals surface area contributed by atoms with Crippen LogP contribution in [-0.4, -0.2) is 28.4 Å². The molecule has 2 unspecified atom stereocenters. The number of amides is 1. The van der Waals surface area contributed by atoms with Gasteiger partial charge in [-0.2, -0.15) is 0 Å². The van der Waals surface area contributed by atoms with Crippen molar-refractivity contribution < 1.29 is 14.7 Å². The molecule has 0 aliphatic rings. The van der Waals surface area contributed by atoms with E-state index in [2.05, 4.69) is 24.1 Å². The fraction of sp³-hybridized carbons (Fsp3) is 0.583. The Balaban J connectivity index is 4.41. The summed E-state index contributed by atoms with van der Waals surface area (Å²) in [5.41, 5.74) is 0. The molecule has 0 bridgehead atoms. The van der Waals surface area contributed by atoms with Gasteiger partial charge in [-0.15, -0.1) is 6.58 Å². The van der Waals surface area contributed by atoms with Crippen LogP contribution in [0.2, 0.25) is 0 Å². The van der Waals surface area contributed by atoms with Crippen molar-refractivity contribution in [1.29, 1.82) is 0 Å². The minimum Gasteiger partial charge on any atom is -0.501 e. The van der Waals surface area contributed by atoms with Crippen molar-refractivity contribution in [2.75, 3.05) is 6.54 Å². The van der Waals surface area contributed by atoms with Crippen LogP contribution in [0.4, 0.5) is 0 Å². The van der Waals surface area contributed by atoms with Crippen molar-refractivity contribution in [1.82, 2.24) is 5.32 Å². The van der Waals surface area contributed by atoms with Gasteiger partial charge in [0.25, 0.3) is 0 Å². The summed E-state index contributed by atoms with van der Waals surface area (Å²) in [6.45, 7) is 7.06. The van der Waals surface area contributed by atoms with E-state index >= 15 is 0 Å². The van der Waals surface area contributed by atoms with Crippen LogP contribution in [0, 0.1) is 11.8 Å². The first-order chi connectivity index (χ1) is 7.90. The second-order valence-electron chi connectivity index (χ2n) is 3.99. The van der Waals surface area contributed by atoms with E-state index < -0.39 is 5.92 Å². The van der Waals surface area contributed by atoms with Crippen molar-refractivity contribution in [3.05, 3.63) is 12.7 Å². The SMILES string of the molecule is C=CCC(C)C(=O)C(CCNC(C)=O)C(O)=S. The molecular weight excluding hydrogens is 238 g/mol. The summed E-state index contributed by atoms with van der Waals surface area (Å²) in [7, 11) is 0. The molecule has 0 saturated carbocycles. The Hall–Kier alpha value is -1.23. The Kier molecular flexibility index (Phi) is 7.37. The minimum atomic E-state index is -0.688. The molecule has 0 spiro atoms. The summed E-state index contributed by atoms with van der Waals surface area (Å²) in [6, 6.07) is 0. The lowest BCUT2D eigenvalue weighted by molar-refractivity contribution is -0.125. The van der Waals surface area contributed by atoms with E-state index in [0.29, 0.717) is 19.4 Å². The maximum Gasteiger partial charge on any atom is 0.216 e. The Morgan fingerprint density at radius 2 is 2.12 bits per heavy atom. The molecule has 0 aliphatic heterocycles. The summed E-state index contributed by atoms with van der Waals surface area (Å²) in [5.74, 6) is -1.19. The molecule has 1 amide bonds. The molecule has 2 atom stereocenters. The van der Waals surface area contributed by atoms with Crippen molar-refractivity contribution in [3.63, 3.8) is 0 Å². The summed E-state index contributed by atoms with van der Waals surface area (Å²) in [6.07, 6.45) is 2.54. The maximum absolute atomic E-state index is 11.9. The van der Waals surface area contributed by atoms with Crippen molar-refractivity contribution in [2.24, 2.45) is 11.8 Å². The lowest BCUT2D eigenvalue weighted by Crippen LogP contribution is -2.32. The van der Waals surface area contributed by atoms with Gasteiger partial charge in [0, 0.05) is 19.4 Å². The average molecular weight is 257 g/mol. The van der Waals surface area contributed by atoms with Gasteiger partial charge in [0.05, 0.1) is 5.92 Å². The lowest BCUT2D eigenvalue weighted by atomic mass is 9.90. The number of carbonyl (C=O) groups excluding carboxylic acids is 2. The molecule has 0 aromatic carbocycles. The van der Waals surface area contributed by atoms with Gasteiger partial charge in [0.15, 0.2) is 5.05 Å². The lowest BCUT2D eigenvalue weighted by Gasteiger charge is -2.17. The second-order valence-corrected chi connectivity index (χ2v) is 4.41. The zero-order chi connectivity index (χ0) is 13.4. The molecule has 4 nitrogen and oxygen atoms in total. The zero-order valence-corrected chi connectivity index (χ0v) is 11.0. The van der Waals surface area contributed by atoms with E-state index in [0.717, 1.165) is 0 Å². The number of hydrogen-bond acceptors (Lipinski definition) is 3. The van der Waals surface area contributed by atoms with Crippen molar-refractivity contribution >= 4 is 29.0 Å². The molecule has 0 fully saturated rings. The molecule has 17 heavy (non-hydrogen) atoms. The predicted molar refractivity (Wildman–Crippen MR) is 71.0 cm³/mol. The molecule has 0 rings (SSSR count). The number of rotatable bonds is 8. The topological polar surface area (TPSA) is 66.4 Å². The largest absolute Gasteiger partial charge is 0.501 e. The van der Waals surface area contributed by atoms with Crippen LogP contribution >= 0.6 is 12.2 Å². The van der Waals surface area contributed by atoms with Gasteiger partial charge in [-0.25, -0.2) is 0 Å². The summed E-state index contributed by atoms with van der Waals surface area (Å²) in [4.78, 5) is 22.6. The Morgan fingerprint density at radius 1 is 1.53 bits per heavy atom. The van der Waals surface area contributed by atoms with E-state index in [1.54, 1.807) is 13.0 Å². The Labute approximate surface area is 107 Å². The molecule has 0 aromatic rings. The first-order valence-corrected chi connectivity index (χ1v) is 5.92. The predicted octanol–water partition coefficient (Wildman–Crippen LogP) is 1.80. The van der Waals surface area contributed by atoms with Gasteiger partial charge in [-0.05, 0) is 25.1 Å².